The number of aromatic amines is 1. The average molecular weight is 1430 g/mol. The summed E-state index contributed by atoms with van der Waals surface area (Å²) in [6, 6.07) is 44.7. The van der Waals surface area contributed by atoms with Crippen molar-refractivity contribution in [2.24, 2.45) is 5.92 Å². The van der Waals surface area contributed by atoms with Crippen LogP contribution in [0, 0.1) is 5.92 Å². The quantitative estimate of drug-likeness (QED) is 0.00786. The number of H-pyrrole nitrogens is 1. The first-order valence-corrected chi connectivity index (χ1v) is 36.3. The second-order valence-corrected chi connectivity index (χ2v) is 28.5. The van der Waals surface area contributed by atoms with Gasteiger partial charge in [0, 0.05) is 106 Å². The Kier molecular flexibility index (Phi) is 20.1. The maximum atomic E-state index is 13.7. The van der Waals surface area contributed by atoms with Crippen molar-refractivity contribution < 1.29 is 76.3 Å². The Morgan fingerprint density at radius 2 is 1.46 bits per heavy atom. The molecule has 7 heterocycles. The second-order valence-electron chi connectivity index (χ2n) is 28.5. The van der Waals surface area contributed by atoms with E-state index < -0.39 is 47.5 Å². The molecule has 20 nitrogen and oxygen atoms in total. The number of amides is 2. The number of rotatable bonds is 28. The summed E-state index contributed by atoms with van der Waals surface area (Å²) in [6.07, 6.45) is 17.1. The van der Waals surface area contributed by atoms with Gasteiger partial charge in [0.05, 0.1) is 49.5 Å². The molecule has 0 radical (unpaired) electrons. The number of cyclic esters (lactones) is 1. The lowest BCUT2D eigenvalue weighted by atomic mass is 9.77. The van der Waals surface area contributed by atoms with Crippen LogP contribution < -0.4 is 38.6 Å². The van der Waals surface area contributed by atoms with E-state index in [0.717, 1.165) is 60.4 Å². The largest absolute Gasteiger partial charge is 0.493 e. The van der Waals surface area contributed by atoms with Gasteiger partial charge in [0.15, 0.2) is 29.4 Å². The van der Waals surface area contributed by atoms with Crippen molar-refractivity contribution in [3.8, 4) is 40.2 Å². The SMILES string of the molecule is CC[N+]1=C(/C=C/C=C/C=C2\N(CCCCCC(=O)C[C@@H](CCCCNC(=O)COc3ccc4c(c3)Oc3cc(OC(=O)/C=C/Oc5c(OC)cc(C6c7[nH]c8ccccc8c7CC7COC(=O)N76)cc5OC)ccc3C43OC(=O)c4ccccc43)C(=O)O)c3ccccc3C2(C)C)C(C)(C)c2ccccc21. The fraction of sp³-hybridized carbons (Fsp3) is 0.314. The molecule has 1 aromatic heterocycles. The highest BCUT2D eigenvalue weighted by molar-refractivity contribution is 6.03. The number of anilines is 1. The van der Waals surface area contributed by atoms with Crippen molar-refractivity contribution in [3.05, 3.63) is 244 Å². The van der Waals surface area contributed by atoms with Crippen LogP contribution in [-0.2, 0) is 51.5 Å². The molecule has 3 unspecified atom stereocenters. The van der Waals surface area contributed by atoms with Crippen LogP contribution in [0.25, 0.3) is 10.9 Å². The molecule has 106 heavy (non-hydrogen) atoms. The van der Waals surface area contributed by atoms with Gasteiger partial charge in [-0.3, -0.25) is 19.3 Å². The molecule has 1 spiro atoms. The fourth-order valence-electron chi connectivity index (χ4n) is 16.2. The van der Waals surface area contributed by atoms with Crippen molar-refractivity contribution in [3.63, 3.8) is 0 Å². The number of aliphatic carboxylic acids is 1. The van der Waals surface area contributed by atoms with Crippen LogP contribution in [0.2, 0.25) is 0 Å². The number of ketones is 1. The number of carbonyl (C=O) groups is 6. The Bertz CT molecular complexity index is 4950. The Labute approximate surface area is 615 Å². The first-order valence-electron chi connectivity index (χ1n) is 36.3. The van der Waals surface area contributed by atoms with Gasteiger partial charge in [0.2, 0.25) is 11.4 Å². The number of Topliss-reactive ketones (excluding diaryl/α,β-unsaturated/α-hetero) is 1. The predicted octanol–water partition coefficient (Wildman–Crippen LogP) is 15.5. The number of nitrogens with zero attached hydrogens (tertiary/aromatic N) is 3. The van der Waals surface area contributed by atoms with Crippen LogP contribution in [0.1, 0.15) is 147 Å². The van der Waals surface area contributed by atoms with Gasteiger partial charge >= 0.3 is 24.0 Å². The van der Waals surface area contributed by atoms with E-state index in [0.29, 0.717) is 59.9 Å². The third-order valence-electron chi connectivity index (χ3n) is 21.4. The van der Waals surface area contributed by atoms with Gasteiger partial charge in [-0.05, 0) is 130 Å². The lowest BCUT2D eigenvalue weighted by Gasteiger charge is -2.36. The number of nitrogens with one attached hydrogen (secondary N) is 2. The number of esters is 2. The van der Waals surface area contributed by atoms with E-state index in [-0.39, 0.29) is 95.5 Å². The number of fused-ring (bicyclic) bond motifs is 12. The molecule has 6 aliphatic heterocycles. The summed E-state index contributed by atoms with van der Waals surface area (Å²) < 4.78 is 50.3. The van der Waals surface area contributed by atoms with E-state index in [9.17, 15) is 33.9 Å². The first kappa shape index (κ1) is 71.3. The maximum Gasteiger partial charge on any atom is 0.411 e. The van der Waals surface area contributed by atoms with E-state index in [1.165, 1.54) is 54.2 Å². The molecule has 3 N–H and O–H groups in total. The molecular formula is C86H86N5O15+. The van der Waals surface area contributed by atoms with Crippen molar-refractivity contribution in [1.82, 2.24) is 15.2 Å². The number of carbonyl (C=O) groups excluding carboxylic acids is 5. The number of carboxylic acid groups (broad SMARTS) is 1. The van der Waals surface area contributed by atoms with Gasteiger partial charge in [-0.2, -0.15) is 4.58 Å². The number of hydrogen-bond acceptors (Lipinski definition) is 15. The lowest BCUT2D eigenvalue weighted by Crippen LogP contribution is -2.42. The number of hydrogen-bond donors (Lipinski definition) is 3. The van der Waals surface area contributed by atoms with Gasteiger partial charge < -0.3 is 58.2 Å². The van der Waals surface area contributed by atoms with Crippen molar-refractivity contribution >= 4 is 63.7 Å². The predicted molar refractivity (Wildman–Crippen MR) is 400 cm³/mol. The molecule has 7 aromatic carbocycles. The van der Waals surface area contributed by atoms with E-state index in [1.807, 2.05) is 18.2 Å². The van der Waals surface area contributed by atoms with Crippen LogP contribution >= 0.6 is 0 Å². The summed E-state index contributed by atoms with van der Waals surface area (Å²) >= 11 is 0. The van der Waals surface area contributed by atoms with Gasteiger partial charge in [-0.1, -0.05) is 118 Å². The van der Waals surface area contributed by atoms with Gasteiger partial charge in [0.1, 0.15) is 48.0 Å². The number of para-hydroxylation sites is 3. The smallest absolute Gasteiger partial charge is 0.411 e. The third-order valence-corrected chi connectivity index (χ3v) is 21.4. The molecule has 1 fully saturated rings. The van der Waals surface area contributed by atoms with Crippen LogP contribution in [0.5, 0.6) is 40.2 Å². The Morgan fingerprint density at radius 3 is 2.23 bits per heavy atom. The minimum Gasteiger partial charge on any atom is -0.493 e. The zero-order chi connectivity index (χ0) is 74.0. The Hall–Kier alpha value is -11.7. The Balaban J connectivity index is 0.554. The molecule has 1 saturated heterocycles. The van der Waals surface area contributed by atoms with Crippen molar-refractivity contribution in [1.29, 1.82) is 0 Å². The number of ether oxygens (including phenoxy) is 8. The normalized spacial score (nSPS) is 19.0. The van der Waals surface area contributed by atoms with E-state index in [2.05, 4.69) is 139 Å². The minimum absolute atomic E-state index is 0.0459. The van der Waals surface area contributed by atoms with Crippen LogP contribution in [0.4, 0.5) is 16.2 Å². The van der Waals surface area contributed by atoms with Crippen LogP contribution in [0.15, 0.2) is 194 Å². The summed E-state index contributed by atoms with van der Waals surface area (Å²) in [4.78, 5) is 87.1. The highest BCUT2D eigenvalue weighted by Crippen LogP contribution is 2.58. The highest BCUT2D eigenvalue weighted by atomic mass is 16.6. The zero-order valence-corrected chi connectivity index (χ0v) is 60.5. The molecule has 2 amide bonds. The molecule has 0 aliphatic carbocycles. The molecular weight excluding hydrogens is 1340 g/mol. The maximum absolute atomic E-state index is 13.7. The van der Waals surface area contributed by atoms with Gasteiger partial charge in [-0.15, -0.1) is 0 Å². The molecule has 544 valence electrons. The summed E-state index contributed by atoms with van der Waals surface area (Å²) in [5.41, 5.74) is 11.2. The van der Waals surface area contributed by atoms with Gasteiger partial charge in [0.25, 0.3) is 5.91 Å². The summed E-state index contributed by atoms with van der Waals surface area (Å²) in [5.74, 6) is -2.17. The fourth-order valence-corrected chi connectivity index (χ4v) is 16.2. The molecule has 14 rings (SSSR count). The number of benzene rings is 7. The summed E-state index contributed by atoms with van der Waals surface area (Å²) in [6.45, 7) is 13.1. The third kappa shape index (κ3) is 13.4. The van der Waals surface area contributed by atoms with Gasteiger partial charge in [-0.25, -0.2) is 14.4 Å². The molecule has 6 aliphatic rings. The first-order chi connectivity index (χ1) is 51.3. The standard InChI is InChI=1S/C86H85N5O15/c1-8-89-68-33-20-17-30-63(68)84(2,3)74(89)35-12-9-13-36-75-85(4,5)64-31-18-21-34-69(64)90(75)43-24-10-11-26-56(92)45-53(81(95)96)25-22-23-42-87-76(93)52-102-57-37-39-65-70(49-57)105-71-50-58(38-40-66(71)86(65)62-29-16-14-28-60(62)82(97)106-86)104-77(94)41-44-101-80-72(99-6)46-54(47-73(80)100-7)79-78-61(48-55-51-103-83(98)91(55)79)59-27-15-19-32-67(59)88-78/h9,12-21,27-41,44,46-47,49-50,53,55,79,88H,8,10-11,22-26,42-43,45,48,51-52H2,1-7H3,(H-,87,93,95,96)/p+1/b44-41+/t53-,55?,79?,86?/m1/s1. The topological polar surface area (TPSA) is 234 Å². The van der Waals surface area contributed by atoms with Crippen LogP contribution in [-0.4, -0.2) is 114 Å². The lowest BCUT2D eigenvalue weighted by molar-refractivity contribution is -0.433. The molecule has 8 aromatic rings. The van der Waals surface area contributed by atoms with Crippen LogP contribution in [0.3, 0.4) is 0 Å². The molecule has 4 atom stereocenters. The number of unbranched alkanes of at least 4 members (excludes halogenated alkanes) is 3. The van der Waals surface area contributed by atoms with E-state index in [4.69, 9.17) is 37.9 Å². The van der Waals surface area contributed by atoms with Crippen molar-refractivity contribution in [2.45, 2.75) is 121 Å². The number of aromatic nitrogens is 1. The summed E-state index contributed by atoms with van der Waals surface area (Å²) in [7, 11) is 2.95. The molecule has 20 heteroatoms. The zero-order valence-electron chi connectivity index (χ0n) is 60.5. The number of carboxylic acids is 1. The Morgan fingerprint density at radius 1 is 0.755 bits per heavy atom. The summed E-state index contributed by atoms with van der Waals surface area (Å²) in [5, 5.41) is 14.1. The van der Waals surface area contributed by atoms with E-state index in [1.54, 1.807) is 71.6 Å². The number of allylic oxidation sites excluding steroid dienone is 6. The van der Waals surface area contributed by atoms with E-state index >= 15 is 0 Å². The molecule has 0 saturated carbocycles. The molecule has 0 bridgehead atoms. The van der Waals surface area contributed by atoms with Crippen molar-refractivity contribution in [2.75, 3.05) is 52.0 Å². The highest BCUT2D eigenvalue weighted by Gasteiger charge is 2.54. The monoisotopic (exact) mass is 1430 g/mol. The second kappa shape index (κ2) is 29.8. The number of methoxy groups -OCH3 is 2. The average Bonchev–Trinajstić information content (AvgIpc) is 1.15. The minimum atomic E-state index is -1.47.